The monoisotopic (exact) mass is 312 g/mol. The average molecular weight is 312 g/mol. The fourth-order valence-electron chi connectivity index (χ4n) is 1.89. The van der Waals surface area contributed by atoms with Crippen LogP contribution >= 0.6 is 11.8 Å². The van der Waals surface area contributed by atoms with E-state index in [-0.39, 0.29) is 16.7 Å². The van der Waals surface area contributed by atoms with Gasteiger partial charge in [-0.3, -0.25) is 10.1 Å². The summed E-state index contributed by atoms with van der Waals surface area (Å²) in [5.74, 6) is 2.13. The van der Waals surface area contributed by atoms with Gasteiger partial charge < -0.3 is 10.2 Å². The first-order valence-electron chi connectivity index (χ1n) is 7.12. The van der Waals surface area contributed by atoms with Crippen molar-refractivity contribution < 1.29 is 4.92 Å². The minimum absolute atomic E-state index is 0.0514. The van der Waals surface area contributed by atoms with Gasteiger partial charge >= 0.3 is 5.69 Å². The zero-order valence-electron chi connectivity index (χ0n) is 13.1. The second kappa shape index (κ2) is 8.71. The Morgan fingerprint density at radius 1 is 1.52 bits per heavy atom. The standard InChI is InChI=1S/C14H24N4O2S/c1-5-9-15-13-7-6-12(18(19)20)14(16-13)17(3)11(2)8-10-21-4/h6-7,11H,5,8-10H2,1-4H3,(H,15,16). The Labute approximate surface area is 130 Å². The van der Waals surface area contributed by atoms with Gasteiger partial charge in [-0.1, -0.05) is 6.92 Å². The van der Waals surface area contributed by atoms with Gasteiger partial charge in [0.15, 0.2) is 0 Å². The SMILES string of the molecule is CCCNc1ccc([N+](=O)[O-])c(N(C)C(C)CCSC)n1. The maximum Gasteiger partial charge on any atom is 0.311 e. The third-order valence-electron chi connectivity index (χ3n) is 3.34. The summed E-state index contributed by atoms with van der Waals surface area (Å²) in [7, 11) is 1.87. The number of nitro groups is 1. The Morgan fingerprint density at radius 2 is 2.24 bits per heavy atom. The molecular formula is C14H24N4O2S. The van der Waals surface area contributed by atoms with Crippen molar-refractivity contribution in [1.82, 2.24) is 4.98 Å². The molecule has 118 valence electrons. The highest BCUT2D eigenvalue weighted by Gasteiger charge is 2.22. The van der Waals surface area contributed by atoms with E-state index in [2.05, 4.69) is 30.4 Å². The molecule has 1 aromatic heterocycles. The molecule has 6 nitrogen and oxygen atoms in total. The van der Waals surface area contributed by atoms with E-state index < -0.39 is 0 Å². The van der Waals surface area contributed by atoms with Crippen LogP contribution in [0.2, 0.25) is 0 Å². The summed E-state index contributed by atoms with van der Waals surface area (Å²) in [4.78, 5) is 17.2. The lowest BCUT2D eigenvalue weighted by Gasteiger charge is -2.25. The van der Waals surface area contributed by atoms with E-state index in [1.807, 2.05) is 11.9 Å². The number of nitrogens with one attached hydrogen (secondary N) is 1. The van der Waals surface area contributed by atoms with Crippen LogP contribution in [0.5, 0.6) is 0 Å². The Kier molecular flexibility index (Phi) is 7.28. The Hall–Kier alpha value is -1.50. The van der Waals surface area contributed by atoms with Crippen LogP contribution in [-0.4, -0.2) is 41.6 Å². The first kappa shape index (κ1) is 17.6. The van der Waals surface area contributed by atoms with E-state index in [1.54, 1.807) is 17.8 Å². The van der Waals surface area contributed by atoms with E-state index in [0.717, 1.165) is 25.1 Å². The molecule has 0 amide bonds. The van der Waals surface area contributed by atoms with Crippen molar-refractivity contribution in [1.29, 1.82) is 0 Å². The highest BCUT2D eigenvalue weighted by atomic mass is 32.2. The molecule has 1 heterocycles. The second-order valence-corrected chi connectivity index (χ2v) is 5.95. The van der Waals surface area contributed by atoms with Gasteiger partial charge in [0.2, 0.25) is 5.82 Å². The third-order valence-corrected chi connectivity index (χ3v) is 3.99. The zero-order chi connectivity index (χ0) is 15.8. The first-order valence-corrected chi connectivity index (χ1v) is 8.51. The molecule has 0 spiro atoms. The fourth-order valence-corrected chi connectivity index (χ4v) is 2.46. The maximum absolute atomic E-state index is 11.2. The summed E-state index contributed by atoms with van der Waals surface area (Å²) in [6.45, 7) is 4.93. The van der Waals surface area contributed by atoms with Crippen molar-refractivity contribution in [3.63, 3.8) is 0 Å². The molecule has 21 heavy (non-hydrogen) atoms. The van der Waals surface area contributed by atoms with Crippen LogP contribution in [0.15, 0.2) is 12.1 Å². The van der Waals surface area contributed by atoms with Crippen LogP contribution in [0.25, 0.3) is 0 Å². The summed E-state index contributed by atoms with van der Waals surface area (Å²) in [5.41, 5.74) is 0.0514. The van der Waals surface area contributed by atoms with E-state index in [9.17, 15) is 10.1 Å². The van der Waals surface area contributed by atoms with Gasteiger partial charge in [-0.25, -0.2) is 4.98 Å². The van der Waals surface area contributed by atoms with Crippen LogP contribution in [0.3, 0.4) is 0 Å². The van der Waals surface area contributed by atoms with Crippen LogP contribution in [0.4, 0.5) is 17.3 Å². The van der Waals surface area contributed by atoms with E-state index in [4.69, 9.17) is 0 Å². The molecule has 7 heteroatoms. The van der Waals surface area contributed by atoms with E-state index in [0.29, 0.717) is 11.6 Å². The number of hydrogen-bond donors (Lipinski definition) is 1. The molecule has 0 radical (unpaired) electrons. The molecule has 0 saturated heterocycles. The molecule has 1 rings (SSSR count). The number of anilines is 2. The molecule has 0 aliphatic rings. The summed E-state index contributed by atoms with van der Waals surface area (Å²) < 4.78 is 0. The van der Waals surface area contributed by atoms with Crippen LogP contribution in [0, 0.1) is 10.1 Å². The van der Waals surface area contributed by atoms with E-state index >= 15 is 0 Å². The smallest absolute Gasteiger partial charge is 0.311 e. The number of rotatable bonds is 9. The molecule has 1 unspecified atom stereocenters. The molecule has 0 aliphatic carbocycles. The molecule has 1 aromatic rings. The number of nitrogens with zero attached hydrogens (tertiary/aromatic N) is 3. The van der Waals surface area contributed by atoms with Crippen molar-refractivity contribution in [2.24, 2.45) is 0 Å². The van der Waals surface area contributed by atoms with Crippen molar-refractivity contribution in [3.05, 3.63) is 22.2 Å². The van der Waals surface area contributed by atoms with Gasteiger partial charge in [0.1, 0.15) is 5.82 Å². The largest absolute Gasteiger partial charge is 0.370 e. The first-order chi connectivity index (χ1) is 10.0. The van der Waals surface area contributed by atoms with Gasteiger partial charge in [0.05, 0.1) is 4.92 Å². The topological polar surface area (TPSA) is 71.3 Å². The molecule has 0 bridgehead atoms. The van der Waals surface area contributed by atoms with Crippen LogP contribution < -0.4 is 10.2 Å². The molecular weight excluding hydrogens is 288 g/mol. The van der Waals surface area contributed by atoms with E-state index in [1.165, 1.54) is 6.07 Å². The van der Waals surface area contributed by atoms with Crippen LogP contribution in [0.1, 0.15) is 26.7 Å². The summed E-state index contributed by atoms with van der Waals surface area (Å²) in [5, 5.41) is 14.4. The highest BCUT2D eigenvalue weighted by Crippen LogP contribution is 2.28. The quantitative estimate of drug-likeness (QED) is 0.556. The molecule has 0 aromatic carbocycles. The number of hydrogen-bond acceptors (Lipinski definition) is 6. The Morgan fingerprint density at radius 3 is 2.81 bits per heavy atom. The van der Waals surface area contributed by atoms with Gasteiger partial charge in [-0.15, -0.1) is 0 Å². The Bertz CT molecular complexity index is 470. The third kappa shape index (κ3) is 5.08. The summed E-state index contributed by atoms with van der Waals surface area (Å²) in [6.07, 6.45) is 4.00. The second-order valence-electron chi connectivity index (χ2n) is 4.96. The van der Waals surface area contributed by atoms with Crippen molar-refractivity contribution in [2.45, 2.75) is 32.7 Å². The number of pyridine rings is 1. The molecule has 1 N–H and O–H groups in total. The minimum Gasteiger partial charge on any atom is -0.370 e. The van der Waals surface area contributed by atoms with Gasteiger partial charge in [0, 0.05) is 25.7 Å². The fraction of sp³-hybridized carbons (Fsp3) is 0.643. The summed E-state index contributed by atoms with van der Waals surface area (Å²) in [6, 6.07) is 3.39. The zero-order valence-corrected chi connectivity index (χ0v) is 13.9. The van der Waals surface area contributed by atoms with Gasteiger partial charge in [-0.05, 0) is 37.8 Å². The maximum atomic E-state index is 11.2. The normalized spacial score (nSPS) is 12.0. The number of thioether (sulfide) groups is 1. The molecule has 0 aliphatic heterocycles. The lowest BCUT2D eigenvalue weighted by Crippen LogP contribution is -2.30. The predicted molar refractivity (Wildman–Crippen MR) is 90.5 cm³/mol. The predicted octanol–water partition coefficient (Wildman–Crippen LogP) is 3.39. The molecule has 0 saturated carbocycles. The Balaban J connectivity index is 3.01. The lowest BCUT2D eigenvalue weighted by molar-refractivity contribution is -0.384. The average Bonchev–Trinajstić information content (AvgIpc) is 2.49. The van der Waals surface area contributed by atoms with Crippen molar-refractivity contribution in [2.75, 3.05) is 35.8 Å². The summed E-state index contributed by atoms with van der Waals surface area (Å²) >= 11 is 1.77. The molecule has 0 fully saturated rings. The van der Waals surface area contributed by atoms with Crippen LogP contribution in [-0.2, 0) is 0 Å². The lowest BCUT2D eigenvalue weighted by atomic mass is 10.2. The molecule has 1 atom stereocenters. The number of aromatic nitrogens is 1. The van der Waals surface area contributed by atoms with Crippen molar-refractivity contribution >= 4 is 29.1 Å². The van der Waals surface area contributed by atoms with Crippen molar-refractivity contribution in [3.8, 4) is 0 Å². The highest BCUT2D eigenvalue weighted by molar-refractivity contribution is 7.98. The minimum atomic E-state index is -0.371. The van der Waals surface area contributed by atoms with Gasteiger partial charge in [-0.2, -0.15) is 11.8 Å². The van der Waals surface area contributed by atoms with Gasteiger partial charge in [0.25, 0.3) is 0 Å².